The third kappa shape index (κ3) is 1.67. The Kier molecular flexibility index (Phi) is 3.14. The molecule has 3 N–H and O–H groups in total. The Balaban J connectivity index is 1.71. The number of Topliss-reactive ketones (excluding diaryl/α,β-unsaturated/α-hetero) is 1. The molecular formula is C19H31NO2. The minimum absolute atomic E-state index is 0.0845. The predicted molar refractivity (Wildman–Crippen MR) is 86.2 cm³/mol. The maximum Gasteiger partial charge on any atom is 0.133 e. The lowest BCUT2D eigenvalue weighted by Gasteiger charge is -2.65. The highest BCUT2D eigenvalue weighted by Gasteiger charge is 2.65. The van der Waals surface area contributed by atoms with Gasteiger partial charge in [0.25, 0.3) is 0 Å². The van der Waals surface area contributed by atoms with Crippen LogP contribution in [0.25, 0.3) is 0 Å². The van der Waals surface area contributed by atoms with E-state index in [2.05, 4.69) is 13.8 Å². The number of rotatable bonds is 0. The summed E-state index contributed by atoms with van der Waals surface area (Å²) in [7, 11) is 0. The van der Waals surface area contributed by atoms with Crippen molar-refractivity contribution in [2.45, 2.75) is 83.3 Å². The minimum atomic E-state index is -0.138. The van der Waals surface area contributed by atoms with Crippen molar-refractivity contribution in [1.82, 2.24) is 0 Å². The van der Waals surface area contributed by atoms with Crippen LogP contribution in [0.15, 0.2) is 0 Å². The number of carbonyl (C=O) groups excluding carboxylic acids is 1. The molecular weight excluding hydrogens is 274 g/mol. The van der Waals surface area contributed by atoms with Gasteiger partial charge in [0.2, 0.25) is 0 Å². The van der Waals surface area contributed by atoms with Gasteiger partial charge in [-0.25, -0.2) is 0 Å². The SMILES string of the molecule is C[C@]12CC[C@@]3(N)[C@@H](CC[C@H]4CC(=O)CC[C@@]43C)[C@@H]1CC[C@@H]2O. The number of hydrogen-bond donors (Lipinski definition) is 2. The van der Waals surface area contributed by atoms with E-state index in [0.29, 0.717) is 23.5 Å². The van der Waals surface area contributed by atoms with Crippen LogP contribution in [-0.4, -0.2) is 22.5 Å². The van der Waals surface area contributed by atoms with Crippen LogP contribution in [0.5, 0.6) is 0 Å². The summed E-state index contributed by atoms with van der Waals surface area (Å²) in [5.41, 5.74) is 7.25. The first-order valence-electron chi connectivity index (χ1n) is 9.30. The van der Waals surface area contributed by atoms with Crippen molar-refractivity contribution < 1.29 is 9.90 Å². The number of ketones is 1. The number of hydrogen-bond acceptors (Lipinski definition) is 3. The second-order valence-corrected chi connectivity index (χ2v) is 9.29. The Bertz CT molecular complexity index is 506. The number of aliphatic hydroxyl groups is 1. The normalized spacial score (nSPS) is 57.9. The van der Waals surface area contributed by atoms with Gasteiger partial charge in [-0.3, -0.25) is 4.79 Å². The molecule has 22 heavy (non-hydrogen) atoms. The molecule has 0 bridgehead atoms. The van der Waals surface area contributed by atoms with E-state index >= 15 is 0 Å². The molecule has 0 spiro atoms. The summed E-state index contributed by atoms with van der Waals surface area (Å²) >= 11 is 0. The number of nitrogens with two attached hydrogens (primary N) is 1. The standard InChI is InChI=1S/C19H31NO2/c1-17-9-10-19(20)15(14(17)5-6-16(17)22)4-3-12-11-13(21)7-8-18(12,19)2/h12,14-16,22H,3-11,20H2,1-2H3/t12-,14-,15-,16-,17-,18-,19+/m0/s1. The molecule has 0 amide bonds. The quantitative estimate of drug-likeness (QED) is 0.723. The highest BCUT2D eigenvalue weighted by atomic mass is 16.3. The zero-order valence-electron chi connectivity index (χ0n) is 14.1. The van der Waals surface area contributed by atoms with E-state index in [9.17, 15) is 9.90 Å². The molecule has 0 saturated heterocycles. The Hall–Kier alpha value is -0.410. The summed E-state index contributed by atoms with van der Waals surface area (Å²) in [4.78, 5) is 11.9. The molecule has 4 fully saturated rings. The van der Waals surface area contributed by atoms with Crippen molar-refractivity contribution in [3.8, 4) is 0 Å². The van der Waals surface area contributed by atoms with Crippen molar-refractivity contribution in [3.05, 3.63) is 0 Å². The van der Waals surface area contributed by atoms with Gasteiger partial charge in [0.15, 0.2) is 0 Å². The van der Waals surface area contributed by atoms with E-state index in [1.54, 1.807) is 0 Å². The first-order chi connectivity index (χ1) is 10.3. The van der Waals surface area contributed by atoms with E-state index in [0.717, 1.165) is 57.8 Å². The fraction of sp³-hybridized carbons (Fsp3) is 0.947. The number of aliphatic hydroxyl groups excluding tert-OH is 1. The molecule has 3 heteroatoms. The van der Waals surface area contributed by atoms with Gasteiger partial charge in [-0.1, -0.05) is 13.8 Å². The molecule has 3 nitrogen and oxygen atoms in total. The van der Waals surface area contributed by atoms with E-state index in [4.69, 9.17) is 5.73 Å². The fourth-order valence-electron chi connectivity index (χ4n) is 7.06. The molecule has 7 atom stereocenters. The summed E-state index contributed by atoms with van der Waals surface area (Å²) in [6.07, 6.45) is 8.83. The maximum absolute atomic E-state index is 11.9. The zero-order chi connectivity index (χ0) is 15.8. The number of fused-ring (bicyclic) bond motifs is 5. The molecule has 4 aliphatic carbocycles. The third-order valence-electron chi connectivity index (χ3n) is 8.77. The fourth-order valence-corrected chi connectivity index (χ4v) is 7.06. The topological polar surface area (TPSA) is 63.3 Å². The van der Waals surface area contributed by atoms with Crippen LogP contribution < -0.4 is 5.73 Å². The van der Waals surface area contributed by atoms with Gasteiger partial charge < -0.3 is 10.8 Å². The summed E-state index contributed by atoms with van der Waals surface area (Å²) in [5, 5.41) is 10.5. The smallest absolute Gasteiger partial charge is 0.133 e. The van der Waals surface area contributed by atoms with Crippen LogP contribution >= 0.6 is 0 Å². The molecule has 0 aromatic heterocycles. The summed E-state index contributed by atoms with van der Waals surface area (Å²) in [6, 6.07) is 0. The first-order valence-corrected chi connectivity index (χ1v) is 9.30. The predicted octanol–water partition coefficient (Wildman–Crippen LogP) is 3.04. The molecule has 0 heterocycles. The van der Waals surface area contributed by atoms with Gasteiger partial charge in [-0.2, -0.15) is 0 Å². The second kappa shape index (κ2) is 4.57. The largest absolute Gasteiger partial charge is 0.393 e. The summed E-state index contributed by atoms with van der Waals surface area (Å²) < 4.78 is 0. The average Bonchev–Trinajstić information content (AvgIpc) is 2.77. The molecule has 0 aliphatic heterocycles. The van der Waals surface area contributed by atoms with Crippen LogP contribution in [0.2, 0.25) is 0 Å². The summed E-state index contributed by atoms with van der Waals surface area (Å²) in [5.74, 6) is 2.06. The summed E-state index contributed by atoms with van der Waals surface area (Å²) in [6.45, 7) is 4.68. The molecule has 4 aliphatic rings. The Labute approximate surface area is 134 Å². The lowest BCUT2D eigenvalue weighted by atomic mass is 9.42. The van der Waals surface area contributed by atoms with Gasteiger partial charge in [0.1, 0.15) is 5.78 Å². The highest BCUT2D eigenvalue weighted by Crippen LogP contribution is 2.66. The average molecular weight is 305 g/mol. The van der Waals surface area contributed by atoms with E-state index in [1.807, 2.05) is 0 Å². The Morgan fingerprint density at radius 1 is 1.05 bits per heavy atom. The molecule has 0 aromatic carbocycles. The number of carbonyl (C=O) groups is 1. The van der Waals surface area contributed by atoms with Gasteiger partial charge in [0, 0.05) is 18.4 Å². The molecule has 124 valence electrons. The maximum atomic E-state index is 11.9. The van der Waals surface area contributed by atoms with Crippen LogP contribution in [-0.2, 0) is 4.79 Å². The van der Waals surface area contributed by atoms with Gasteiger partial charge in [-0.05, 0) is 73.5 Å². The first kappa shape index (κ1) is 15.1. The molecule has 4 saturated carbocycles. The lowest BCUT2D eigenvalue weighted by molar-refractivity contribution is -0.149. The molecule has 0 unspecified atom stereocenters. The van der Waals surface area contributed by atoms with Gasteiger partial charge in [-0.15, -0.1) is 0 Å². The van der Waals surface area contributed by atoms with Crippen LogP contribution in [0.1, 0.15) is 71.6 Å². The zero-order valence-corrected chi connectivity index (χ0v) is 14.1. The van der Waals surface area contributed by atoms with Crippen molar-refractivity contribution in [2.24, 2.45) is 34.3 Å². The molecule has 0 aromatic rings. The molecule has 0 radical (unpaired) electrons. The van der Waals surface area contributed by atoms with Gasteiger partial charge >= 0.3 is 0 Å². The van der Waals surface area contributed by atoms with E-state index in [-0.39, 0.29) is 22.5 Å². The second-order valence-electron chi connectivity index (χ2n) is 9.29. The van der Waals surface area contributed by atoms with Crippen LogP contribution in [0.3, 0.4) is 0 Å². The van der Waals surface area contributed by atoms with E-state index in [1.165, 1.54) is 0 Å². The van der Waals surface area contributed by atoms with Gasteiger partial charge in [0.05, 0.1) is 6.10 Å². The van der Waals surface area contributed by atoms with E-state index < -0.39 is 0 Å². The minimum Gasteiger partial charge on any atom is -0.393 e. The van der Waals surface area contributed by atoms with Crippen LogP contribution in [0, 0.1) is 28.6 Å². The molecule has 4 rings (SSSR count). The van der Waals surface area contributed by atoms with Crippen molar-refractivity contribution >= 4 is 5.78 Å². The van der Waals surface area contributed by atoms with Crippen molar-refractivity contribution in [2.75, 3.05) is 0 Å². The monoisotopic (exact) mass is 305 g/mol. The van der Waals surface area contributed by atoms with Crippen LogP contribution in [0.4, 0.5) is 0 Å². The van der Waals surface area contributed by atoms with Crippen molar-refractivity contribution in [1.29, 1.82) is 0 Å². The Morgan fingerprint density at radius 2 is 1.77 bits per heavy atom. The third-order valence-corrected chi connectivity index (χ3v) is 8.77. The van der Waals surface area contributed by atoms with Crippen molar-refractivity contribution in [3.63, 3.8) is 0 Å². The lowest BCUT2D eigenvalue weighted by Crippen LogP contribution is -2.70. The Morgan fingerprint density at radius 3 is 2.55 bits per heavy atom. The highest BCUT2D eigenvalue weighted by molar-refractivity contribution is 5.79.